The number of hydrogen-bond acceptors (Lipinski definition) is 3. The molecule has 0 saturated heterocycles. The molecule has 4 nitrogen and oxygen atoms in total. The molecule has 0 saturated carbocycles. The highest BCUT2D eigenvalue weighted by Crippen LogP contribution is 2.40. The Balaban J connectivity index is 2.18. The normalized spacial score (nSPS) is 13.7. The number of para-hydroxylation sites is 2. The average molecular weight is 333 g/mol. The van der Waals surface area contributed by atoms with E-state index in [1.165, 1.54) is 0 Å². The van der Waals surface area contributed by atoms with Gasteiger partial charge in [0.1, 0.15) is 5.75 Å². The van der Waals surface area contributed by atoms with E-state index in [2.05, 4.69) is 21.2 Å². The molecular weight excluding hydrogens is 320 g/mol. The van der Waals surface area contributed by atoms with E-state index in [4.69, 9.17) is 4.74 Å². The Hall–Kier alpha value is -2.01. The van der Waals surface area contributed by atoms with Crippen molar-refractivity contribution in [3.05, 3.63) is 46.9 Å². The van der Waals surface area contributed by atoms with E-state index in [1.54, 1.807) is 12.0 Å². The lowest BCUT2D eigenvalue weighted by molar-refractivity contribution is -0.116. The zero-order valence-electron chi connectivity index (χ0n) is 10.9. The van der Waals surface area contributed by atoms with Gasteiger partial charge in [0.25, 0.3) is 5.91 Å². The number of amides is 1. The molecular formula is C15H13BrN2O2. The number of benzene rings is 2. The largest absolute Gasteiger partial charge is 0.495 e. The van der Waals surface area contributed by atoms with Gasteiger partial charge in [0.2, 0.25) is 0 Å². The van der Waals surface area contributed by atoms with Crippen LogP contribution in [-0.4, -0.2) is 19.6 Å². The molecule has 1 N–H and O–H groups in total. The van der Waals surface area contributed by atoms with E-state index in [0.29, 0.717) is 5.75 Å². The smallest absolute Gasteiger partial charge is 0.251 e. The summed E-state index contributed by atoms with van der Waals surface area (Å²) in [6.45, 7) is 0.271. The van der Waals surface area contributed by atoms with Gasteiger partial charge in [-0.1, -0.05) is 28.1 Å². The van der Waals surface area contributed by atoms with Gasteiger partial charge < -0.3 is 10.1 Å². The lowest BCUT2D eigenvalue weighted by atomic mass is 10.1. The highest BCUT2D eigenvalue weighted by Gasteiger charge is 2.27. The molecule has 0 spiro atoms. The predicted octanol–water partition coefficient (Wildman–Crippen LogP) is 3.55. The second-order valence-corrected chi connectivity index (χ2v) is 5.33. The highest BCUT2D eigenvalue weighted by atomic mass is 79.9. The number of rotatable bonds is 2. The van der Waals surface area contributed by atoms with Crippen LogP contribution < -0.4 is 15.0 Å². The van der Waals surface area contributed by atoms with Crippen molar-refractivity contribution >= 4 is 38.9 Å². The highest BCUT2D eigenvalue weighted by molar-refractivity contribution is 9.10. The fourth-order valence-corrected chi connectivity index (χ4v) is 2.65. The molecule has 20 heavy (non-hydrogen) atoms. The summed E-state index contributed by atoms with van der Waals surface area (Å²) in [6.07, 6.45) is 0. The Bertz CT molecular complexity index is 673. The molecule has 1 amide bonds. The van der Waals surface area contributed by atoms with Gasteiger partial charge in [-0.15, -0.1) is 0 Å². The van der Waals surface area contributed by atoms with Crippen LogP contribution in [0.3, 0.4) is 0 Å². The summed E-state index contributed by atoms with van der Waals surface area (Å²) < 4.78 is 6.29. The minimum absolute atomic E-state index is 0.0138. The minimum Gasteiger partial charge on any atom is -0.495 e. The van der Waals surface area contributed by atoms with Crippen LogP contribution in [0.1, 0.15) is 0 Å². The van der Waals surface area contributed by atoms with Gasteiger partial charge >= 0.3 is 0 Å². The third-order valence-electron chi connectivity index (χ3n) is 3.21. The van der Waals surface area contributed by atoms with E-state index in [1.807, 2.05) is 42.5 Å². The molecule has 2 aromatic rings. The fourth-order valence-electron chi connectivity index (χ4n) is 2.30. The number of nitrogens with zero attached hydrogens (tertiary/aromatic N) is 1. The molecule has 3 rings (SSSR count). The fraction of sp³-hybridized carbons (Fsp3) is 0.133. The molecule has 0 aliphatic carbocycles. The molecule has 0 radical (unpaired) electrons. The Morgan fingerprint density at radius 1 is 1.20 bits per heavy atom. The second kappa shape index (κ2) is 5.17. The molecule has 0 aromatic heterocycles. The van der Waals surface area contributed by atoms with Crippen molar-refractivity contribution in [1.29, 1.82) is 0 Å². The molecule has 0 fully saturated rings. The first-order valence-corrected chi connectivity index (χ1v) is 6.99. The van der Waals surface area contributed by atoms with Crippen LogP contribution in [0.15, 0.2) is 46.9 Å². The van der Waals surface area contributed by atoms with E-state index in [9.17, 15) is 4.79 Å². The monoisotopic (exact) mass is 332 g/mol. The summed E-state index contributed by atoms with van der Waals surface area (Å²) in [7, 11) is 1.60. The Kier molecular flexibility index (Phi) is 3.36. The number of nitrogens with one attached hydrogen (secondary N) is 1. The van der Waals surface area contributed by atoms with Crippen LogP contribution in [0.2, 0.25) is 0 Å². The van der Waals surface area contributed by atoms with Gasteiger partial charge in [-0.05, 0) is 30.3 Å². The SMILES string of the molecule is COc1ccccc1N1C(=O)CNc2ccc(Br)cc21. The van der Waals surface area contributed by atoms with Crippen molar-refractivity contribution in [3.63, 3.8) is 0 Å². The zero-order chi connectivity index (χ0) is 14.1. The number of halogens is 1. The quantitative estimate of drug-likeness (QED) is 0.914. The zero-order valence-corrected chi connectivity index (χ0v) is 12.5. The number of carbonyl (C=O) groups is 1. The molecule has 1 heterocycles. The van der Waals surface area contributed by atoms with Gasteiger partial charge in [0, 0.05) is 4.47 Å². The van der Waals surface area contributed by atoms with E-state index < -0.39 is 0 Å². The first kappa shape index (κ1) is 13.0. The molecule has 102 valence electrons. The number of ether oxygens (including phenoxy) is 1. The average Bonchev–Trinajstić information content (AvgIpc) is 2.47. The van der Waals surface area contributed by atoms with Gasteiger partial charge in [-0.3, -0.25) is 9.69 Å². The van der Waals surface area contributed by atoms with Crippen molar-refractivity contribution in [3.8, 4) is 5.75 Å². The molecule has 5 heteroatoms. The van der Waals surface area contributed by atoms with Crippen LogP contribution in [0, 0.1) is 0 Å². The molecule has 0 atom stereocenters. The van der Waals surface area contributed by atoms with Gasteiger partial charge in [0.15, 0.2) is 0 Å². The van der Waals surface area contributed by atoms with Crippen LogP contribution in [0.5, 0.6) is 5.75 Å². The van der Waals surface area contributed by atoms with E-state index in [0.717, 1.165) is 21.5 Å². The van der Waals surface area contributed by atoms with Crippen molar-refractivity contribution in [1.82, 2.24) is 0 Å². The van der Waals surface area contributed by atoms with Crippen LogP contribution in [0.4, 0.5) is 17.1 Å². The summed E-state index contributed by atoms with van der Waals surface area (Å²) in [6, 6.07) is 13.3. The maximum atomic E-state index is 12.3. The number of anilines is 3. The summed E-state index contributed by atoms with van der Waals surface area (Å²) in [4.78, 5) is 14.0. The Morgan fingerprint density at radius 2 is 2.00 bits per heavy atom. The maximum absolute atomic E-state index is 12.3. The van der Waals surface area contributed by atoms with E-state index >= 15 is 0 Å². The topological polar surface area (TPSA) is 41.6 Å². The first-order valence-electron chi connectivity index (χ1n) is 6.20. The van der Waals surface area contributed by atoms with Crippen molar-refractivity contribution in [2.24, 2.45) is 0 Å². The second-order valence-electron chi connectivity index (χ2n) is 4.42. The van der Waals surface area contributed by atoms with Crippen molar-refractivity contribution in [2.75, 3.05) is 23.9 Å². The van der Waals surface area contributed by atoms with Crippen LogP contribution in [0.25, 0.3) is 0 Å². The molecule has 0 bridgehead atoms. The van der Waals surface area contributed by atoms with Gasteiger partial charge in [-0.25, -0.2) is 0 Å². The Morgan fingerprint density at radius 3 is 2.80 bits per heavy atom. The summed E-state index contributed by atoms with van der Waals surface area (Å²) in [5.74, 6) is 0.661. The predicted molar refractivity (Wildman–Crippen MR) is 82.8 cm³/mol. The maximum Gasteiger partial charge on any atom is 0.251 e. The standard InChI is InChI=1S/C15H13BrN2O2/c1-20-14-5-3-2-4-12(14)18-13-8-10(16)6-7-11(13)17-9-15(18)19/h2-8,17H,9H2,1H3. The minimum atomic E-state index is -0.0138. The van der Waals surface area contributed by atoms with Crippen molar-refractivity contribution in [2.45, 2.75) is 0 Å². The third-order valence-corrected chi connectivity index (χ3v) is 3.70. The molecule has 1 aliphatic rings. The van der Waals surface area contributed by atoms with Gasteiger partial charge in [-0.2, -0.15) is 0 Å². The first-order chi connectivity index (χ1) is 9.70. The Labute approximate surface area is 125 Å². The van der Waals surface area contributed by atoms with E-state index in [-0.39, 0.29) is 12.5 Å². The van der Waals surface area contributed by atoms with Crippen LogP contribution >= 0.6 is 15.9 Å². The lowest BCUT2D eigenvalue weighted by Crippen LogP contribution is -2.36. The van der Waals surface area contributed by atoms with Crippen molar-refractivity contribution < 1.29 is 9.53 Å². The number of hydrogen-bond donors (Lipinski definition) is 1. The summed E-state index contributed by atoms with van der Waals surface area (Å²) in [5.41, 5.74) is 2.50. The third kappa shape index (κ3) is 2.14. The number of methoxy groups -OCH3 is 1. The molecule has 1 aliphatic heterocycles. The summed E-state index contributed by atoms with van der Waals surface area (Å²) in [5, 5.41) is 3.12. The molecule has 0 unspecified atom stereocenters. The molecule has 2 aromatic carbocycles. The van der Waals surface area contributed by atoms with Crippen LogP contribution in [-0.2, 0) is 4.79 Å². The number of carbonyl (C=O) groups excluding carboxylic acids is 1. The number of fused-ring (bicyclic) bond motifs is 1. The lowest BCUT2D eigenvalue weighted by Gasteiger charge is -2.31. The van der Waals surface area contributed by atoms with Gasteiger partial charge in [0.05, 0.1) is 30.7 Å². The summed E-state index contributed by atoms with van der Waals surface area (Å²) >= 11 is 3.45.